The van der Waals surface area contributed by atoms with Gasteiger partial charge in [-0.3, -0.25) is 9.89 Å². The predicted octanol–water partition coefficient (Wildman–Crippen LogP) is 2.65. The number of nitrogens with zero attached hydrogens (tertiary/aromatic N) is 2. The molecular weight excluding hydrogens is 535 g/mol. The molecule has 8 nitrogen and oxygen atoms in total. The first-order valence-corrected chi connectivity index (χ1v) is 11.1. The summed E-state index contributed by atoms with van der Waals surface area (Å²) in [4.78, 5) is 6.69. The molecule has 2 N–H and O–H groups in total. The summed E-state index contributed by atoms with van der Waals surface area (Å²) in [5.74, 6) is 3.29. The molecule has 2 aliphatic heterocycles. The molecule has 0 spiro atoms. The first-order valence-electron chi connectivity index (χ1n) is 11.1. The zero-order valence-corrected chi connectivity index (χ0v) is 21.4. The standard InChI is InChI=1S/C24H32N4O4.HI/c1-25-24(26-8-7-19-5-6-22-23(16-19)32-18-31-22)27-17-20-3-2-4-21(15-20)30-14-11-28-9-12-29-13-10-28;/h2-6,15-16H,7-14,17-18H2,1H3,(H2,25,26,27);1H. The van der Waals surface area contributed by atoms with E-state index >= 15 is 0 Å². The van der Waals surface area contributed by atoms with Gasteiger partial charge in [-0.25, -0.2) is 0 Å². The van der Waals surface area contributed by atoms with E-state index in [0.717, 1.165) is 74.6 Å². The average molecular weight is 568 g/mol. The molecule has 9 heteroatoms. The summed E-state index contributed by atoms with van der Waals surface area (Å²) in [7, 11) is 1.78. The first-order chi connectivity index (χ1) is 15.8. The lowest BCUT2D eigenvalue weighted by Crippen LogP contribution is -2.38. The molecule has 4 rings (SSSR count). The zero-order valence-electron chi connectivity index (χ0n) is 19.0. The number of halogens is 1. The van der Waals surface area contributed by atoms with Crippen LogP contribution < -0.4 is 24.8 Å². The van der Waals surface area contributed by atoms with Crippen LogP contribution in [0, 0.1) is 0 Å². The highest BCUT2D eigenvalue weighted by atomic mass is 127. The van der Waals surface area contributed by atoms with E-state index in [9.17, 15) is 0 Å². The molecule has 0 unspecified atom stereocenters. The van der Waals surface area contributed by atoms with Gasteiger partial charge in [-0.1, -0.05) is 18.2 Å². The van der Waals surface area contributed by atoms with Crippen LogP contribution in [0.1, 0.15) is 11.1 Å². The minimum Gasteiger partial charge on any atom is -0.492 e. The maximum absolute atomic E-state index is 5.95. The topological polar surface area (TPSA) is 76.6 Å². The number of hydrogen-bond acceptors (Lipinski definition) is 6. The Morgan fingerprint density at radius 2 is 1.88 bits per heavy atom. The Bertz CT molecular complexity index is 906. The minimum atomic E-state index is 0. The van der Waals surface area contributed by atoms with E-state index < -0.39 is 0 Å². The SMILES string of the molecule is CN=C(NCCc1ccc2c(c1)OCO2)NCc1cccc(OCCN2CCOCC2)c1.I. The molecule has 0 radical (unpaired) electrons. The van der Waals surface area contributed by atoms with E-state index in [1.54, 1.807) is 7.05 Å². The molecule has 0 aromatic heterocycles. The maximum Gasteiger partial charge on any atom is 0.231 e. The quantitative estimate of drug-likeness (QED) is 0.274. The number of rotatable bonds is 9. The molecule has 0 bridgehead atoms. The van der Waals surface area contributed by atoms with Crippen LogP contribution in [0.25, 0.3) is 0 Å². The Kier molecular flexibility index (Phi) is 10.4. The Morgan fingerprint density at radius 1 is 1.03 bits per heavy atom. The molecule has 2 aromatic carbocycles. The van der Waals surface area contributed by atoms with Crippen LogP contribution in [0.15, 0.2) is 47.5 Å². The number of aliphatic imine (C=N–C) groups is 1. The van der Waals surface area contributed by atoms with Gasteiger partial charge in [0.1, 0.15) is 12.4 Å². The number of ether oxygens (including phenoxy) is 4. The summed E-state index contributed by atoms with van der Waals surface area (Å²) in [6.07, 6.45) is 0.865. The van der Waals surface area contributed by atoms with E-state index in [1.807, 2.05) is 24.3 Å². The third kappa shape index (κ3) is 7.94. The second-order valence-electron chi connectivity index (χ2n) is 7.74. The van der Waals surface area contributed by atoms with E-state index in [1.165, 1.54) is 5.56 Å². The molecule has 33 heavy (non-hydrogen) atoms. The Morgan fingerprint density at radius 3 is 2.73 bits per heavy atom. The smallest absolute Gasteiger partial charge is 0.231 e. The van der Waals surface area contributed by atoms with Crippen LogP contribution in [0.3, 0.4) is 0 Å². The van der Waals surface area contributed by atoms with Gasteiger partial charge < -0.3 is 29.6 Å². The molecule has 2 heterocycles. The van der Waals surface area contributed by atoms with Crippen molar-refractivity contribution in [1.29, 1.82) is 0 Å². The summed E-state index contributed by atoms with van der Waals surface area (Å²) >= 11 is 0. The molecule has 0 saturated carbocycles. The van der Waals surface area contributed by atoms with Crippen molar-refractivity contribution in [1.82, 2.24) is 15.5 Å². The van der Waals surface area contributed by atoms with E-state index in [2.05, 4.69) is 38.7 Å². The van der Waals surface area contributed by atoms with Gasteiger partial charge >= 0.3 is 0 Å². The second kappa shape index (κ2) is 13.5. The predicted molar refractivity (Wildman–Crippen MR) is 139 cm³/mol. The van der Waals surface area contributed by atoms with Gasteiger partial charge in [-0.05, 0) is 41.8 Å². The van der Waals surface area contributed by atoms with Crippen molar-refractivity contribution in [3.05, 3.63) is 53.6 Å². The van der Waals surface area contributed by atoms with Gasteiger partial charge in [0.2, 0.25) is 6.79 Å². The van der Waals surface area contributed by atoms with Gasteiger partial charge in [-0.15, -0.1) is 24.0 Å². The normalized spacial score (nSPS) is 15.6. The third-order valence-electron chi connectivity index (χ3n) is 5.51. The number of hydrogen-bond donors (Lipinski definition) is 2. The van der Waals surface area contributed by atoms with Crippen molar-refractivity contribution in [3.63, 3.8) is 0 Å². The van der Waals surface area contributed by atoms with Crippen molar-refractivity contribution in [2.75, 3.05) is 59.8 Å². The molecular formula is C24H33IN4O4. The van der Waals surface area contributed by atoms with E-state index in [0.29, 0.717) is 19.9 Å². The molecule has 0 aliphatic carbocycles. The van der Waals surface area contributed by atoms with Gasteiger partial charge in [0.05, 0.1) is 13.2 Å². The van der Waals surface area contributed by atoms with Crippen molar-refractivity contribution in [2.24, 2.45) is 4.99 Å². The van der Waals surface area contributed by atoms with Crippen molar-refractivity contribution in [2.45, 2.75) is 13.0 Å². The highest BCUT2D eigenvalue weighted by Crippen LogP contribution is 2.32. The average Bonchev–Trinajstić information content (AvgIpc) is 3.30. The van der Waals surface area contributed by atoms with Crippen LogP contribution in [-0.2, 0) is 17.7 Å². The maximum atomic E-state index is 5.95. The summed E-state index contributed by atoms with van der Waals surface area (Å²) in [5.41, 5.74) is 2.34. The Labute approximate surface area is 212 Å². The number of nitrogens with one attached hydrogen (secondary N) is 2. The fourth-order valence-electron chi connectivity index (χ4n) is 3.69. The summed E-state index contributed by atoms with van der Waals surface area (Å²) in [5, 5.41) is 6.73. The van der Waals surface area contributed by atoms with Gasteiger partial charge in [-0.2, -0.15) is 0 Å². The van der Waals surface area contributed by atoms with Gasteiger partial charge in [0, 0.05) is 39.8 Å². The fourth-order valence-corrected chi connectivity index (χ4v) is 3.69. The lowest BCUT2D eigenvalue weighted by molar-refractivity contribution is 0.0322. The van der Waals surface area contributed by atoms with Gasteiger partial charge in [0.25, 0.3) is 0 Å². The monoisotopic (exact) mass is 568 g/mol. The summed E-state index contributed by atoms with van der Waals surface area (Å²) in [6.45, 7) is 6.93. The van der Waals surface area contributed by atoms with E-state index in [4.69, 9.17) is 18.9 Å². The Balaban J connectivity index is 0.00000306. The number of guanidine groups is 1. The molecule has 0 atom stereocenters. The molecule has 1 saturated heterocycles. The fraction of sp³-hybridized carbons (Fsp3) is 0.458. The molecule has 0 amide bonds. The van der Waals surface area contributed by atoms with Crippen molar-refractivity contribution < 1.29 is 18.9 Å². The highest BCUT2D eigenvalue weighted by molar-refractivity contribution is 14.0. The number of benzene rings is 2. The van der Waals surface area contributed by atoms with Crippen LogP contribution in [0.5, 0.6) is 17.2 Å². The highest BCUT2D eigenvalue weighted by Gasteiger charge is 2.13. The van der Waals surface area contributed by atoms with Crippen LogP contribution in [-0.4, -0.2) is 70.7 Å². The summed E-state index contributed by atoms with van der Waals surface area (Å²) in [6, 6.07) is 14.2. The third-order valence-corrected chi connectivity index (χ3v) is 5.51. The van der Waals surface area contributed by atoms with Crippen LogP contribution in [0.2, 0.25) is 0 Å². The minimum absolute atomic E-state index is 0. The second-order valence-corrected chi connectivity index (χ2v) is 7.74. The first kappa shape index (κ1) is 25.4. The summed E-state index contributed by atoms with van der Waals surface area (Å²) < 4.78 is 22.1. The van der Waals surface area contributed by atoms with Crippen molar-refractivity contribution in [3.8, 4) is 17.2 Å². The number of fused-ring (bicyclic) bond motifs is 1. The lowest BCUT2D eigenvalue weighted by atomic mass is 10.1. The lowest BCUT2D eigenvalue weighted by Gasteiger charge is -2.26. The van der Waals surface area contributed by atoms with E-state index in [-0.39, 0.29) is 24.0 Å². The van der Waals surface area contributed by atoms with Crippen LogP contribution in [0.4, 0.5) is 0 Å². The van der Waals surface area contributed by atoms with Crippen molar-refractivity contribution >= 4 is 29.9 Å². The molecule has 2 aromatic rings. The number of morpholine rings is 1. The molecule has 180 valence electrons. The Hall–Kier alpha value is -2.24. The molecule has 2 aliphatic rings. The van der Waals surface area contributed by atoms with Crippen LogP contribution >= 0.6 is 24.0 Å². The van der Waals surface area contributed by atoms with Gasteiger partial charge in [0.15, 0.2) is 17.5 Å². The molecule has 1 fully saturated rings. The zero-order chi connectivity index (χ0) is 22.0. The largest absolute Gasteiger partial charge is 0.492 e.